The molecule has 2 saturated heterocycles. The second-order valence-electron chi connectivity index (χ2n) is 20.3. The van der Waals surface area contributed by atoms with Crippen LogP contribution in [0.25, 0.3) is 27.8 Å². The molecule has 0 amide bonds. The van der Waals surface area contributed by atoms with Crippen molar-refractivity contribution in [2.45, 2.75) is 32.0 Å². The molecule has 4 aromatic heterocycles. The number of piperazine rings is 2. The largest absolute Gasteiger partial charge is 0.481 e. The Kier molecular flexibility index (Phi) is 14.9. The van der Waals surface area contributed by atoms with Crippen LogP contribution >= 0.6 is 0 Å². The Morgan fingerprint density at radius 2 is 1.40 bits per heavy atom. The van der Waals surface area contributed by atoms with Gasteiger partial charge in [-0.3, -0.25) is 19.8 Å². The van der Waals surface area contributed by atoms with Gasteiger partial charge in [0.15, 0.2) is 0 Å². The normalized spacial score (nSPS) is 20.5. The summed E-state index contributed by atoms with van der Waals surface area (Å²) in [4.78, 5) is 32.1. The van der Waals surface area contributed by atoms with Gasteiger partial charge in [0, 0.05) is 163 Å². The Hall–Kier alpha value is -8.29. The Balaban J connectivity index is 0.706. The first kappa shape index (κ1) is 50.8. The van der Waals surface area contributed by atoms with Crippen molar-refractivity contribution in [1.82, 2.24) is 39.6 Å². The third-order valence-electron chi connectivity index (χ3n) is 15.6. The van der Waals surface area contributed by atoms with Crippen molar-refractivity contribution in [3.8, 4) is 29.1 Å². The maximum absolute atomic E-state index is 16.0. The standard InChI is InChI=1S/C59H61F2N15O/c1-70-13-9-41(10-14-70)45-25-50(58(68-35-45)47(29-62)30-63)43-4-6-55(65-33-43)75-23-19-72(20-24-75)39-52-53(60)27-49(28-54(52)61)73-15-11-42(12-16-73)46-26-51(59-48(31-64)36-69-76(59)38-46)44-5-7-56(66-34-44)74-21-17-71(18-22-74)37-40-3-8-57(77-2)67-32-40/h3-9,11,25-29,32-36,38,48,59H,10,12-24,37,39,62H2,1-2H3. The molecule has 0 spiro atoms. The average molecular weight is 1030 g/mol. The number of benzene rings is 1. The van der Waals surface area contributed by atoms with Gasteiger partial charge in [0.1, 0.15) is 35.3 Å². The summed E-state index contributed by atoms with van der Waals surface area (Å²) >= 11 is 0. The fourth-order valence-corrected chi connectivity index (χ4v) is 11.1. The van der Waals surface area contributed by atoms with Crippen molar-refractivity contribution in [2.24, 2.45) is 16.8 Å². The second kappa shape index (κ2) is 22.5. The van der Waals surface area contributed by atoms with Crippen LogP contribution in [0.15, 0.2) is 126 Å². The van der Waals surface area contributed by atoms with E-state index >= 15 is 8.78 Å². The number of hydrazone groups is 1. The van der Waals surface area contributed by atoms with Crippen LogP contribution in [-0.4, -0.2) is 145 Å². The number of nitriles is 2. The lowest BCUT2D eigenvalue weighted by Gasteiger charge is -2.36. The van der Waals surface area contributed by atoms with Crippen molar-refractivity contribution in [3.63, 3.8) is 0 Å². The smallest absolute Gasteiger partial charge is 0.212 e. The van der Waals surface area contributed by atoms with E-state index in [1.165, 1.54) is 23.9 Å². The minimum Gasteiger partial charge on any atom is -0.481 e. The number of nitrogens with zero attached hydrogens (tertiary/aromatic N) is 14. The summed E-state index contributed by atoms with van der Waals surface area (Å²) in [5, 5.41) is 26.5. The molecule has 6 aliphatic rings. The van der Waals surface area contributed by atoms with Gasteiger partial charge in [-0.2, -0.15) is 15.6 Å². The molecule has 5 aromatic rings. The van der Waals surface area contributed by atoms with E-state index in [0.29, 0.717) is 63.0 Å². The van der Waals surface area contributed by atoms with Crippen molar-refractivity contribution in [1.29, 1.82) is 10.5 Å². The third-order valence-corrected chi connectivity index (χ3v) is 15.6. The zero-order valence-electron chi connectivity index (χ0n) is 43.4. The fourth-order valence-electron chi connectivity index (χ4n) is 11.1. The van der Waals surface area contributed by atoms with Crippen LogP contribution in [0.5, 0.6) is 5.88 Å². The lowest BCUT2D eigenvalue weighted by atomic mass is 9.85. The highest BCUT2D eigenvalue weighted by Gasteiger charge is 2.37. The van der Waals surface area contributed by atoms with E-state index in [1.54, 1.807) is 13.3 Å². The van der Waals surface area contributed by atoms with Crippen LogP contribution in [0.2, 0.25) is 0 Å². The van der Waals surface area contributed by atoms with Crippen molar-refractivity contribution < 1.29 is 13.5 Å². The highest BCUT2D eigenvalue weighted by molar-refractivity contribution is 5.87. The summed E-state index contributed by atoms with van der Waals surface area (Å²) in [6, 6.07) is 21.4. The van der Waals surface area contributed by atoms with Gasteiger partial charge in [0.25, 0.3) is 0 Å². The number of pyridine rings is 4. The molecule has 16 nitrogen and oxygen atoms in total. The number of anilines is 3. The predicted octanol–water partition coefficient (Wildman–Crippen LogP) is 7.33. The molecule has 6 aliphatic heterocycles. The average Bonchev–Trinajstić information content (AvgIpc) is 3.94. The number of rotatable bonds is 13. The lowest BCUT2D eigenvalue weighted by molar-refractivity contribution is 0.242. The number of hydrogen-bond acceptors (Lipinski definition) is 16. The summed E-state index contributed by atoms with van der Waals surface area (Å²) in [6.07, 6.45) is 20.5. The maximum Gasteiger partial charge on any atom is 0.212 e. The molecule has 392 valence electrons. The summed E-state index contributed by atoms with van der Waals surface area (Å²) in [5.41, 5.74) is 16.2. The lowest BCUT2D eigenvalue weighted by Crippen LogP contribution is -2.46. The Labute approximate surface area is 448 Å². The second-order valence-corrected chi connectivity index (χ2v) is 20.3. The molecule has 0 aliphatic carbocycles. The number of methoxy groups -OCH3 is 1. The highest BCUT2D eigenvalue weighted by atomic mass is 19.1. The first-order valence-corrected chi connectivity index (χ1v) is 26.3. The van der Waals surface area contributed by atoms with E-state index < -0.39 is 17.6 Å². The van der Waals surface area contributed by atoms with E-state index in [9.17, 15) is 10.5 Å². The summed E-state index contributed by atoms with van der Waals surface area (Å²) in [6.45, 7) is 9.86. The van der Waals surface area contributed by atoms with Gasteiger partial charge in [-0.1, -0.05) is 18.2 Å². The number of likely N-dealkylation sites (N-methyl/N-ethyl adjacent to an activating group) is 1. The third kappa shape index (κ3) is 10.9. The molecule has 2 fully saturated rings. The van der Waals surface area contributed by atoms with Gasteiger partial charge in [-0.25, -0.2) is 23.7 Å². The molecular formula is C59H61F2N15O. The van der Waals surface area contributed by atoms with Crippen molar-refractivity contribution in [3.05, 3.63) is 161 Å². The summed E-state index contributed by atoms with van der Waals surface area (Å²) in [7, 11) is 3.72. The van der Waals surface area contributed by atoms with E-state index in [4.69, 9.17) is 25.4 Å². The monoisotopic (exact) mass is 1030 g/mol. The van der Waals surface area contributed by atoms with Gasteiger partial charge >= 0.3 is 0 Å². The predicted molar refractivity (Wildman–Crippen MR) is 296 cm³/mol. The zero-order valence-corrected chi connectivity index (χ0v) is 43.4. The molecule has 10 heterocycles. The molecule has 0 radical (unpaired) electrons. The number of aromatic nitrogens is 4. The maximum atomic E-state index is 16.0. The minimum atomic E-state index is -0.555. The number of allylic oxidation sites excluding steroid dienone is 3. The quantitative estimate of drug-likeness (QED) is 0.116. The highest BCUT2D eigenvalue weighted by Crippen LogP contribution is 2.40. The summed E-state index contributed by atoms with van der Waals surface area (Å²) in [5.74, 6) is 0.799. The van der Waals surface area contributed by atoms with Gasteiger partial charge in [-0.15, -0.1) is 0 Å². The fraction of sp³-hybridized carbons (Fsp3) is 0.339. The van der Waals surface area contributed by atoms with Gasteiger partial charge < -0.3 is 30.1 Å². The van der Waals surface area contributed by atoms with Gasteiger partial charge in [0.05, 0.1) is 30.5 Å². The number of halogens is 2. The molecule has 77 heavy (non-hydrogen) atoms. The molecule has 11 rings (SSSR count). The van der Waals surface area contributed by atoms with Crippen molar-refractivity contribution >= 4 is 40.3 Å². The SMILES string of the molecule is COc1ccc(CN2CCN(c3ccc(C4=CC(C5=CCN(c6cc(F)c(CN7CCN(c8ccc(-c9cc(C%10=CCN(C)CC%10)cnc9C(C#N)=CN)cn8)CC7)c(F)c6)CC5)=CN5N=CC(C#N)C45)cn3)CC2)cn1. The zero-order chi connectivity index (χ0) is 53.0. The number of hydrogen-bond donors (Lipinski definition) is 1. The molecule has 2 atom stereocenters. The summed E-state index contributed by atoms with van der Waals surface area (Å²) < 4.78 is 37.1. The van der Waals surface area contributed by atoms with Crippen LogP contribution in [0, 0.1) is 40.2 Å². The van der Waals surface area contributed by atoms with Crippen LogP contribution in [0.1, 0.15) is 40.8 Å². The van der Waals surface area contributed by atoms with E-state index in [0.717, 1.165) is 108 Å². The topological polar surface area (TPSA) is 169 Å². The van der Waals surface area contributed by atoms with E-state index in [2.05, 4.69) is 96.3 Å². The van der Waals surface area contributed by atoms with Crippen molar-refractivity contribution in [2.75, 3.05) is 107 Å². The molecule has 0 saturated carbocycles. The van der Waals surface area contributed by atoms with E-state index in [1.807, 2.05) is 59.1 Å². The minimum absolute atomic E-state index is 0.0640. The Morgan fingerprint density at radius 3 is 1.99 bits per heavy atom. The number of nitrogens with two attached hydrogens (primary N) is 1. The number of fused-ring (bicyclic) bond motifs is 1. The molecule has 18 heteroatoms. The Bertz CT molecular complexity index is 3250. The van der Waals surface area contributed by atoms with E-state index in [-0.39, 0.29) is 23.7 Å². The first-order chi connectivity index (χ1) is 37.6. The molecule has 0 bridgehead atoms. The Morgan fingerprint density at radius 1 is 0.727 bits per heavy atom. The van der Waals surface area contributed by atoms with Crippen LogP contribution in [0.3, 0.4) is 0 Å². The van der Waals surface area contributed by atoms with Crippen LogP contribution < -0.4 is 25.2 Å². The molecule has 2 unspecified atom stereocenters. The first-order valence-electron chi connectivity index (χ1n) is 26.3. The molecule has 2 N–H and O–H groups in total. The van der Waals surface area contributed by atoms with Gasteiger partial charge in [0.2, 0.25) is 5.88 Å². The molecule has 1 aromatic carbocycles. The van der Waals surface area contributed by atoms with Crippen LogP contribution in [-0.2, 0) is 13.1 Å². The number of ether oxygens (including phenoxy) is 1. The molecular weight excluding hydrogens is 973 g/mol. The van der Waals surface area contributed by atoms with Crippen LogP contribution in [0.4, 0.5) is 26.1 Å². The van der Waals surface area contributed by atoms with Gasteiger partial charge in [-0.05, 0) is 107 Å².